The third-order valence-corrected chi connectivity index (χ3v) is 4.25. The smallest absolute Gasteiger partial charge is 0.204 e. The Morgan fingerprint density at radius 1 is 1.25 bits per heavy atom. The third kappa shape index (κ3) is 2.08. The van der Waals surface area contributed by atoms with E-state index in [0.717, 1.165) is 15.9 Å². The number of nitrogens with zero attached hydrogens (tertiary/aromatic N) is 1. The zero-order valence-electron chi connectivity index (χ0n) is 11.1. The molecule has 0 N–H and O–H groups in total. The van der Waals surface area contributed by atoms with E-state index in [1.165, 1.54) is 6.20 Å². The summed E-state index contributed by atoms with van der Waals surface area (Å²) in [4.78, 5) is 12.4. The van der Waals surface area contributed by atoms with E-state index in [2.05, 4.69) is 0 Å². The van der Waals surface area contributed by atoms with Gasteiger partial charge in [-0.25, -0.2) is 0 Å². The van der Waals surface area contributed by atoms with Gasteiger partial charge in [-0.15, -0.1) is 0 Å². The lowest BCUT2D eigenvalue weighted by Crippen LogP contribution is -2.38. The van der Waals surface area contributed by atoms with Crippen molar-refractivity contribution in [1.82, 2.24) is 0 Å². The Morgan fingerprint density at radius 2 is 2.00 bits per heavy atom. The van der Waals surface area contributed by atoms with Gasteiger partial charge in [0, 0.05) is 29.8 Å². The van der Waals surface area contributed by atoms with E-state index in [9.17, 15) is 10.0 Å². The molecule has 1 atom stereocenters. The monoisotopic (exact) mass is 287 g/mol. The summed E-state index contributed by atoms with van der Waals surface area (Å²) < 4.78 is 0.809. The second-order valence-corrected chi connectivity index (χ2v) is 5.60. The van der Waals surface area contributed by atoms with Gasteiger partial charge in [-0.3, -0.25) is 4.79 Å². The summed E-state index contributed by atoms with van der Waals surface area (Å²) in [5.41, 5.74) is 2.96. The van der Waals surface area contributed by atoms with Gasteiger partial charge in [-0.2, -0.15) is 4.73 Å². The number of carbonyl (C=O) groups excluding carboxylic acids is 1. The van der Waals surface area contributed by atoms with Crippen LogP contribution in [0.25, 0.3) is 0 Å². The molecule has 1 heterocycles. The maximum atomic E-state index is 12.4. The molecular formula is C16H14ClNO2. The predicted octanol–water partition coefficient (Wildman–Crippen LogP) is 3.19. The lowest BCUT2D eigenvalue weighted by molar-refractivity contribution is -0.614. The zero-order valence-corrected chi connectivity index (χ0v) is 11.9. The molecule has 1 aliphatic rings. The molecule has 0 bridgehead atoms. The van der Waals surface area contributed by atoms with Gasteiger partial charge >= 0.3 is 0 Å². The predicted molar refractivity (Wildman–Crippen MR) is 77.0 cm³/mol. The molecule has 3 nitrogen and oxygen atoms in total. The first-order valence-corrected chi connectivity index (χ1v) is 6.95. The lowest BCUT2D eigenvalue weighted by Gasteiger charge is -2.24. The molecule has 1 aromatic heterocycles. The van der Waals surface area contributed by atoms with Gasteiger partial charge in [-0.05, 0) is 24.1 Å². The van der Waals surface area contributed by atoms with Gasteiger partial charge in [0.05, 0.1) is 5.56 Å². The van der Waals surface area contributed by atoms with E-state index in [4.69, 9.17) is 11.6 Å². The largest absolute Gasteiger partial charge is 0.618 e. The summed E-state index contributed by atoms with van der Waals surface area (Å²) in [6.45, 7) is 1.87. The van der Waals surface area contributed by atoms with Crippen molar-refractivity contribution in [3.8, 4) is 0 Å². The first-order chi connectivity index (χ1) is 9.58. The van der Waals surface area contributed by atoms with Gasteiger partial charge in [0.25, 0.3) is 0 Å². The van der Waals surface area contributed by atoms with Crippen LogP contribution in [0.3, 0.4) is 0 Å². The van der Waals surface area contributed by atoms with E-state index < -0.39 is 0 Å². The minimum atomic E-state index is -0.0225. The molecule has 0 amide bonds. The van der Waals surface area contributed by atoms with Crippen molar-refractivity contribution in [2.45, 2.75) is 25.7 Å². The Bertz CT molecular complexity index is 697. The van der Waals surface area contributed by atoms with E-state index in [1.807, 2.05) is 31.2 Å². The molecule has 1 aromatic carbocycles. The first-order valence-electron chi connectivity index (χ1n) is 6.57. The minimum Gasteiger partial charge on any atom is -0.618 e. The fraction of sp³-hybridized carbons (Fsp3) is 0.250. The normalized spacial score (nSPS) is 17.9. The standard InChI is InChI=1S/C16H14ClNO2/c1-10-6-7-18(20)14-8-11(9-15(19)16(10)14)12-4-2-3-5-13(12)17/h2-7,11H,8-9H2,1H3. The topological polar surface area (TPSA) is 44.0 Å². The van der Waals surface area contributed by atoms with Crippen LogP contribution in [0.4, 0.5) is 0 Å². The summed E-state index contributed by atoms with van der Waals surface area (Å²) in [5, 5.41) is 12.6. The van der Waals surface area contributed by atoms with Crippen LogP contribution in [-0.2, 0) is 6.42 Å². The second-order valence-electron chi connectivity index (χ2n) is 5.20. The maximum Gasteiger partial charge on any atom is 0.204 e. The summed E-state index contributed by atoms with van der Waals surface area (Å²) in [6.07, 6.45) is 2.42. The molecule has 3 rings (SSSR count). The number of carbonyl (C=O) groups is 1. The summed E-state index contributed by atoms with van der Waals surface area (Å²) >= 11 is 6.21. The van der Waals surface area contributed by atoms with E-state index >= 15 is 0 Å². The second kappa shape index (κ2) is 4.91. The molecule has 1 aliphatic carbocycles. The number of ketones is 1. The molecular weight excluding hydrogens is 274 g/mol. The van der Waals surface area contributed by atoms with E-state index in [0.29, 0.717) is 29.1 Å². The maximum absolute atomic E-state index is 12.4. The molecule has 0 aliphatic heterocycles. The van der Waals surface area contributed by atoms with Crippen LogP contribution in [0.2, 0.25) is 5.02 Å². The molecule has 0 radical (unpaired) electrons. The zero-order chi connectivity index (χ0) is 14.3. The fourth-order valence-electron chi connectivity index (χ4n) is 2.92. The van der Waals surface area contributed by atoms with Crippen LogP contribution in [0.5, 0.6) is 0 Å². The molecule has 0 fully saturated rings. The molecule has 4 heteroatoms. The van der Waals surface area contributed by atoms with Gasteiger partial charge in [0.1, 0.15) is 0 Å². The van der Waals surface area contributed by atoms with Crippen molar-refractivity contribution in [3.63, 3.8) is 0 Å². The highest BCUT2D eigenvalue weighted by atomic mass is 35.5. The lowest BCUT2D eigenvalue weighted by atomic mass is 9.80. The Labute approximate surface area is 122 Å². The number of benzene rings is 1. The van der Waals surface area contributed by atoms with Crippen molar-refractivity contribution in [3.05, 3.63) is 69.1 Å². The molecule has 1 unspecified atom stereocenters. The van der Waals surface area contributed by atoms with Crippen LogP contribution >= 0.6 is 11.6 Å². The molecule has 0 saturated carbocycles. The quantitative estimate of drug-likeness (QED) is 0.597. The Balaban J connectivity index is 2.08. The molecule has 2 aromatic rings. The fourth-order valence-corrected chi connectivity index (χ4v) is 3.21. The molecule has 20 heavy (non-hydrogen) atoms. The summed E-state index contributed by atoms with van der Waals surface area (Å²) in [6, 6.07) is 9.21. The first kappa shape index (κ1) is 13.1. The highest BCUT2D eigenvalue weighted by Gasteiger charge is 2.33. The van der Waals surface area contributed by atoms with Crippen molar-refractivity contribution >= 4 is 17.4 Å². The number of fused-ring (bicyclic) bond motifs is 1. The Kier molecular flexibility index (Phi) is 3.22. The molecule has 102 valence electrons. The van der Waals surface area contributed by atoms with Gasteiger partial charge in [-0.1, -0.05) is 29.8 Å². The minimum absolute atomic E-state index is 0.0225. The van der Waals surface area contributed by atoms with Crippen LogP contribution in [-0.4, -0.2) is 5.78 Å². The van der Waals surface area contributed by atoms with Crippen LogP contribution in [0, 0.1) is 12.1 Å². The number of hydrogen-bond acceptors (Lipinski definition) is 2. The number of halogens is 1. The molecule has 0 saturated heterocycles. The Morgan fingerprint density at radius 3 is 2.75 bits per heavy atom. The SMILES string of the molecule is Cc1cc[n+]([O-])c2c1C(=O)CC(c1ccccc1Cl)C2. The van der Waals surface area contributed by atoms with E-state index in [-0.39, 0.29) is 11.7 Å². The van der Waals surface area contributed by atoms with Crippen molar-refractivity contribution < 1.29 is 9.52 Å². The average Bonchev–Trinajstić information content (AvgIpc) is 2.43. The number of aromatic nitrogens is 1. The van der Waals surface area contributed by atoms with Crippen LogP contribution in [0.1, 0.15) is 39.5 Å². The number of Topliss-reactive ketones (excluding diaryl/α,β-unsaturated/α-hetero) is 1. The van der Waals surface area contributed by atoms with Crippen LogP contribution < -0.4 is 4.73 Å². The van der Waals surface area contributed by atoms with Crippen LogP contribution in [0.15, 0.2) is 36.5 Å². The summed E-state index contributed by atoms with van der Waals surface area (Å²) in [5.74, 6) is 0.00423. The average molecular weight is 288 g/mol. The number of aryl methyl sites for hydroxylation is 1. The van der Waals surface area contributed by atoms with Crippen molar-refractivity contribution in [2.75, 3.05) is 0 Å². The number of hydrogen-bond donors (Lipinski definition) is 0. The van der Waals surface area contributed by atoms with Gasteiger partial charge in [0.15, 0.2) is 12.0 Å². The summed E-state index contributed by atoms with van der Waals surface area (Å²) in [7, 11) is 0. The highest BCUT2D eigenvalue weighted by Crippen LogP contribution is 2.35. The Hall–Kier alpha value is -1.87. The third-order valence-electron chi connectivity index (χ3n) is 3.90. The number of pyridine rings is 1. The molecule has 0 spiro atoms. The van der Waals surface area contributed by atoms with Crippen molar-refractivity contribution in [2.24, 2.45) is 0 Å². The van der Waals surface area contributed by atoms with Gasteiger partial charge in [0.2, 0.25) is 5.69 Å². The van der Waals surface area contributed by atoms with Gasteiger partial charge < -0.3 is 5.21 Å². The van der Waals surface area contributed by atoms with E-state index in [1.54, 1.807) is 6.07 Å². The number of rotatable bonds is 1. The van der Waals surface area contributed by atoms with Crippen molar-refractivity contribution in [1.29, 1.82) is 0 Å². The highest BCUT2D eigenvalue weighted by molar-refractivity contribution is 6.31.